The van der Waals surface area contributed by atoms with Gasteiger partial charge in [0, 0.05) is 24.0 Å². The summed E-state index contributed by atoms with van der Waals surface area (Å²) in [7, 11) is 4.37. The van der Waals surface area contributed by atoms with Gasteiger partial charge in [0.25, 0.3) is 0 Å². The van der Waals surface area contributed by atoms with Crippen LogP contribution in [0.1, 0.15) is 38.2 Å². The Morgan fingerprint density at radius 2 is 2.11 bits per heavy atom. The first kappa shape index (κ1) is 14.5. The van der Waals surface area contributed by atoms with Crippen molar-refractivity contribution in [3.63, 3.8) is 0 Å². The Labute approximate surface area is 117 Å². The highest BCUT2D eigenvalue weighted by molar-refractivity contribution is 5.14. The third-order valence-electron chi connectivity index (χ3n) is 4.79. The van der Waals surface area contributed by atoms with Crippen LogP contribution in [0.25, 0.3) is 0 Å². The minimum Gasteiger partial charge on any atom is -0.326 e. The molecule has 0 bridgehead atoms. The van der Waals surface area contributed by atoms with Crippen molar-refractivity contribution in [1.82, 2.24) is 9.88 Å². The molecule has 0 spiro atoms. The number of pyridine rings is 1. The van der Waals surface area contributed by atoms with Crippen LogP contribution in [0, 0.1) is 5.92 Å². The molecular formula is C16H27N3. The molecule has 2 rings (SSSR count). The zero-order chi connectivity index (χ0) is 13.9. The first-order valence-electron chi connectivity index (χ1n) is 7.36. The summed E-state index contributed by atoms with van der Waals surface area (Å²) in [6.07, 6.45) is 9.72. The number of nitrogens with two attached hydrogens (primary N) is 1. The highest BCUT2D eigenvalue weighted by Gasteiger charge is 2.41. The predicted molar refractivity (Wildman–Crippen MR) is 80.0 cm³/mol. The van der Waals surface area contributed by atoms with E-state index in [-0.39, 0.29) is 11.6 Å². The molecule has 106 valence electrons. The summed E-state index contributed by atoms with van der Waals surface area (Å²) < 4.78 is 0. The molecule has 3 unspecified atom stereocenters. The molecule has 1 aliphatic carbocycles. The van der Waals surface area contributed by atoms with E-state index in [0.717, 1.165) is 12.3 Å². The van der Waals surface area contributed by atoms with Gasteiger partial charge in [-0.05, 0) is 57.0 Å². The average molecular weight is 261 g/mol. The first-order valence-corrected chi connectivity index (χ1v) is 7.36. The monoisotopic (exact) mass is 261 g/mol. The summed E-state index contributed by atoms with van der Waals surface area (Å²) in [5.74, 6) is 0.777. The Morgan fingerprint density at radius 1 is 1.42 bits per heavy atom. The van der Waals surface area contributed by atoms with Crippen molar-refractivity contribution in [2.75, 3.05) is 14.1 Å². The zero-order valence-corrected chi connectivity index (χ0v) is 12.5. The summed E-state index contributed by atoms with van der Waals surface area (Å²) in [4.78, 5) is 6.45. The molecule has 0 amide bonds. The van der Waals surface area contributed by atoms with E-state index in [1.807, 2.05) is 12.4 Å². The van der Waals surface area contributed by atoms with Gasteiger partial charge in [0.2, 0.25) is 0 Å². The Balaban J connectivity index is 2.14. The molecule has 1 saturated carbocycles. The van der Waals surface area contributed by atoms with E-state index in [1.54, 1.807) is 0 Å². The van der Waals surface area contributed by atoms with Gasteiger partial charge in [0.05, 0.1) is 0 Å². The number of likely N-dealkylation sites (N-methyl/N-ethyl adjacent to an activating group) is 1. The summed E-state index contributed by atoms with van der Waals surface area (Å²) in [5, 5.41) is 0. The number of aromatic nitrogens is 1. The van der Waals surface area contributed by atoms with Gasteiger partial charge in [0.1, 0.15) is 0 Å². The van der Waals surface area contributed by atoms with Crippen LogP contribution in [0.3, 0.4) is 0 Å². The van der Waals surface area contributed by atoms with Crippen molar-refractivity contribution >= 4 is 0 Å². The standard InChI is InChI=1S/C16H27N3/c1-13-5-4-8-16(12-13,19(2)3)15(17)11-14-6-9-18-10-7-14/h6-7,9-10,13,15H,4-5,8,11-12,17H2,1-3H3. The van der Waals surface area contributed by atoms with E-state index < -0.39 is 0 Å². The van der Waals surface area contributed by atoms with Crippen LogP contribution in [0.5, 0.6) is 0 Å². The van der Waals surface area contributed by atoms with Gasteiger partial charge in [-0.25, -0.2) is 0 Å². The highest BCUT2D eigenvalue weighted by Crippen LogP contribution is 2.38. The Hall–Kier alpha value is -0.930. The van der Waals surface area contributed by atoms with Gasteiger partial charge in [-0.15, -0.1) is 0 Å². The maximum absolute atomic E-state index is 6.62. The minimum absolute atomic E-state index is 0.154. The molecule has 1 fully saturated rings. The molecule has 0 aliphatic heterocycles. The van der Waals surface area contributed by atoms with Crippen molar-refractivity contribution in [2.24, 2.45) is 11.7 Å². The molecule has 1 aliphatic rings. The van der Waals surface area contributed by atoms with Gasteiger partial charge in [-0.1, -0.05) is 19.8 Å². The third kappa shape index (κ3) is 3.15. The maximum Gasteiger partial charge on any atom is 0.0360 e. The lowest BCUT2D eigenvalue weighted by Crippen LogP contribution is -2.60. The van der Waals surface area contributed by atoms with E-state index in [9.17, 15) is 0 Å². The van der Waals surface area contributed by atoms with Gasteiger partial charge in [0.15, 0.2) is 0 Å². The van der Waals surface area contributed by atoms with Crippen molar-refractivity contribution < 1.29 is 0 Å². The quantitative estimate of drug-likeness (QED) is 0.905. The lowest BCUT2D eigenvalue weighted by molar-refractivity contribution is 0.0504. The maximum atomic E-state index is 6.62. The van der Waals surface area contributed by atoms with Gasteiger partial charge in [-0.2, -0.15) is 0 Å². The second-order valence-corrected chi connectivity index (χ2v) is 6.37. The van der Waals surface area contributed by atoms with Crippen molar-refractivity contribution in [3.8, 4) is 0 Å². The van der Waals surface area contributed by atoms with Crippen molar-refractivity contribution in [3.05, 3.63) is 30.1 Å². The van der Waals surface area contributed by atoms with Crippen LogP contribution in [-0.2, 0) is 6.42 Å². The Kier molecular flexibility index (Phi) is 4.58. The lowest BCUT2D eigenvalue weighted by atomic mass is 9.70. The van der Waals surface area contributed by atoms with Crippen molar-refractivity contribution in [1.29, 1.82) is 0 Å². The molecule has 1 heterocycles. The normalized spacial score (nSPS) is 29.4. The van der Waals surface area contributed by atoms with Crippen molar-refractivity contribution in [2.45, 2.75) is 50.6 Å². The summed E-state index contributed by atoms with van der Waals surface area (Å²) >= 11 is 0. The van der Waals surface area contributed by atoms with E-state index >= 15 is 0 Å². The topological polar surface area (TPSA) is 42.1 Å². The van der Waals surface area contributed by atoms with Crippen LogP contribution in [-0.4, -0.2) is 35.6 Å². The first-order chi connectivity index (χ1) is 9.04. The average Bonchev–Trinajstić information content (AvgIpc) is 2.39. The molecule has 0 saturated heterocycles. The predicted octanol–water partition coefficient (Wildman–Crippen LogP) is 2.46. The van der Waals surface area contributed by atoms with Crippen LogP contribution in [0.15, 0.2) is 24.5 Å². The number of rotatable bonds is 4. The van der Waals surface area contributed by atoms with Gasteiger partial charge in [-0.3, -0.25) is 4.98 Å². The van der Waals surface area contributed by atoms with Crippen LogP contribution >= 0.6 is 0 Å². The van der Waals surface area contributed by atoms with E-state index in [1.165, 1.54) is 31.2 Å². The molecule has 3 atom stereocenters. The Morgan fingerprint density at radius 3 is 2.68 bits per heavy atom. The third-order valence-corrected chi connectivity index (χ3v) is 4.79. The molecule has 0 radical (unpaired) electrons. The lowest BCUT2D eigenvalue weighted by Gasteiger charge is -2.49. The van der Waals surface area contributed by atoms with Crippen LogP contribution in [0.4, 0.5) is 0 Å². The Bertz CT molecular complexity index is 390. The van der Waals surface area contributed by atoms with E-state index in [2.05, 4.69) is 43.0 Å². The fraction of sp³-hybridized carbons (Fsp3) is 0.688. The van der Waals surface area contributed by atoms with Gasteiger partial charge >= 0.3 is 0 Å². The fourth-order valence-electron chi connectivity index (χ4n) is 3.60. The highest BCUT2D eigenvalue weighted by atomic mass is 15.2. The largest absolute Gasteiger partial charge is 0.326 e. The minimum atomic E-state index is 0.154. The smallest absolute Gasteiger partial charge is 0.0360 e. The molecule has 1 aromatic heterocycles. The van der Waals surface area contributed by atoms with E-state index in [0.29, 0.717) is 0 Å². The van der Waals surface area contributed by atoms with E-state index in [4.69, 9.17) is 5.73 Å². The second kappa shape index (κ2) is 6.02. The molecule has 3 nitrogen and oxygen atoms in total. The molecule has 3 heteroatoms. The van der Waals surface area contributed by atoms with Crippen LogP contribution < -0.4 is 5.73 Å². The SMILES string of the molecule is CC1CCCC(C(N)Cc2ccncc2)(N(C)C)C1. The molecule has 2 N–H and O–H groups in total. The summed E-state index contributed by atoms with van der Waals surface area (Å²) in [5.41, 5.74) is 8.06. The number of hydrogen-bond donors (Lipinski definition) is 1. The van der Waals surface area contributed by atoms with Crippen LogP contribution in [0.2, 0.25) is 0 Å². The molecule has 0 aromatic carbocycles. The molecule has 1 aromatic rings. The number of nitrogens with zero attached hydrogens (tertiary/aromatic N) is 2. The summed E-state index contributed by atoms with van der Waals surface area (Å²) in [6.45, 7) is 2.36. The summed E-state index contributed by atoms with van der Waals surface area (Å²) in [6, 6.07) is 4.35. The van der Waals surface area contributed by atoms with Gasteiger partial charge < -0.3 is 10.6 Å². The molecule has 19 heavy (non-hydrogen) atoms. The fourth-order valence-corrected chi connectivity index (χ4v) is 3.60. The zero-order valence-electron chi connectivity index (χ0n) is 12.5. The number of hydrogen-bond acceptors (Lipinski definition) is 3. The molecular weight excluding hydrogens is 234 g/mol. The second-order valence-electron chi connectivity index (χ2n) is 6.37.